The Morgan fingerprint density at radius 2 is 2.36 bits per heavy atom. The molecule has 0 radical (unpaired) electrons. The van der Waals surface area contributed by atoms with Crippen LogP contribution in [0.5, 0.6) is 0 Å². The summed E-state index contributed by atoms with van der Waals surface area (Å²) in [7, 11) is 0. The van der Waals surface area contributed by atoms with E-state index in [2.05, 4.69) is 10.3 Å². The van der Waals surface area contributed by atoms with Crippen molar-refractivity contribution < 1.29 is 8.78 Å². The zero-order valence-electron chi connectivity index (χ0n) is 7.79. The first-order chi connectivity index (χ1) is 6.77. The van der Waals surface area contributed by atoms with Crippen LogP contribution >= 0.6 is 0 Å². The van der Waals surface area contributed by atoms with Crippen LogP contribution in [0.1, 0.15) is 31.6 Å². The molecule has 1 saturated carbocycles. The Hall–Kier alpha value is -0.970. The predicted octanol–water partition coefficient (Wildman–Crippen LogP) is 1.92. The van der Waals surface area contributed by atoms with Crippen LogP contribution < -0.4 is 5.32 Å². The van der Waals surface area contributed by atoms with E-state index >= 15 is 0 Å². The van der Waals surface area contributed by atoms with Gasteiger partial charge in [0.05, 0.1) is 6.54 Å². The van der Waals surface area contributed by atoms with Gasteiger partial charge in [0, 0.05) is 18.4 Å². The van der Waals surface area contributed by atoms with Gasteiger partial charge in [-0.05, 0) is 12.8 Å². The van der Waals surface area contributed by atoms with E-state index < -0.39 is 6.55 Å². The van der Waals surface area contributed by atoms with Gasteiger partial charge in [0.2, 0.25) is 0 Å². The Morgan fingerprint density at radius 1 is 1.57 bits per heavy atom. The zero-order chi connectivity index (χ0) is 9.97. The maximum atomic E-state index is 12.4. The quantitative estimate of drug-likeness (QED) is 0.806. The van der Waals surface area contributed by atoms with Crippen molar-refractivity contribution in [1.82, 2.24) is 14.9 Å². The molecule has 0 amide bonds. The van der Waals surface area contributed by atoms with Gasteiger partial charge in [-0.15, -0.1) is 0 Å². The van der Waals surface area contributed by atoms with E-state index in [4.69, 9.17) is 0 Å². The Kier molecular flexibility index (Phi) is 2.77. The summed E-state index contributed by atoms with van der Waals surface area (Å²) in [6, 6.07) is 0.498. The molecule has 0 aliphatic heterocycles. The molecule has 0 aromatic carbocycles. The minimum atomic E-state index is -2.49. The molecule has 0 bridgehead atoms. The molecule has 1 heterocycles. The van der Waals surface area contributed by atoms with Crippen LogP contribution in [-0.2, 0) is 6.54 Å². The van der Waals surface area contributed by atoms with Crippen molar-refractivity contribution >= 4 is 0 Å². The second-order valence-electron chi connectivity index (χ2n) is 3.54. The average Bonchev–Trinajstić information content (AvgIpc) is 2.49. The standard InChI is InChI=1S/C9H13F2N3/c10-9(11)14-5-4-12-8(14)6-13-7-2-1-3-7/h4-5,7,9,13H,1-3,6H2. The maximum absolute atomic E-state index is 12.4. The lowest BCUT2D eigenvalue weighted by molar-refractivity contribution is 0.0662. The molecule has 1 aromatic rings. The molecule has 0 saturated heterocycles. The van der Waals surface area contributed by atoms with E-state index in [0.29, 0.717) is 18.4 Å². The highest BCUT2D eigenvalue weighted by Gasteiger charge is 2.18. The number of imidazole rings is 1. The van der Waals surface area contributed by atoms with Crippen LogP contribution in [0.4, 0.5) is 8.78 Å². The lowest BCUT2D eigenvalue weighted by atomic mass is 9.93. The predicted molar refractivity (Wildman–Crippen MR) is 48.0 cm³/mol. The van der Waals surface area contributed by atoms with Gasteiger partial charge in [-0.2, -0.15) is 8.78 Å². The molecule has 1 fully saturated rings. The number of hydrogen-bond acceptors (Lipinski definition) is 2. The van der Waals surface area contributed by atoms with Crippen LogP contribution in [0, 0.1) is 0 Å². The monoisotopic (exact) mass is 201 g/mol. The third-order valence-corrected chi connectivity index (χ3v) is 2.61. The molecule has 14 heavy (non-hydrogen) atoms. The van der Waals surface area contributed by atoms with E-state index in [0.717, 1.165) is 17.4 Å². The number of nitrogens with one attached hydrogen (secondary N) is 1. The molecule has 2 rings (SSSR count). The van der Waals surface area contributed by atoms with Crippen molar-refractivity contribution in [2.45, 2.75) is 38.4 Å². The van der Waals surface area contributed by atoms with Crippen LogP contribution in [0.2, 0.25) is 0 Å². The minimum Gasteiger partial charge on any atom is -0.307 e. The van der Waals surface area contributed by atoms with Gasteiger partial charge < -0.3 is 5.32 Å². The lowest BCUT2D eigenvalue weighted by Gasteiger charge is -2.26. The van der Waals surface area contributed by atoms with Gasteiger partial charge in [-0.1, -0.05) is 6.42 Å². The fourth-order valence-electron chi connectivity index (χ4n) is 1.51. The summed E-state index contributed by atoms with van der Waals surface area (Å²) in [6.45, 7) is -2.06. The largest absolute Gasteiger partial charge is 0.319 e. The highest BCUT2D eigenvalue weighted by molar-refractivity contribution is 4.93. The fourth-order valence-corrected chi connectivity index (χ4v) is 1.51. The smallest absolute Gasteiger partial charge is 0.307 e. The molecular weight excluding hydrogens is 188 g/mol. The second-order valence-corrected chi connectivity index (χ2v) is 3.54. The summed E-state index contributed by atoms with van der Waals surface area (Å²) < 4.78 is 25.6. The van der Waals surface area contributed by atoms with Crippen LogP contribution in [0.25, 0.3) is 0 Å². The normalized spacial score (nSPS) is 17.4. The van der Waals surface area contributed by atoms with Crippen molar-refractivity contribution in [1.29, 1.82) is 0 Å². The van der Waals surface area contributed by atoms with Gasteiger partial charge in [-0.25, -0.2) is 4.98 Å². The maximum Gasteiger partial charge on any atom is 0.319 e. The lowest BCUT2D eigenvalue weighted by Crippen LogP contribution is -2.35. The Balaban J connectivity index is 1.90. The highest BCUT2D eigenvalue weighted by Crippen LogP contribution is 2.19. The molecule has 1 N–H and O–H groups in total. The molecule has 0 unspecified atom stereocenters. The molecule has 1 aliphatic carbocycles. The Morgan fingerprint density at radius 3 is 2.93 bits per heavy atom. The third-order valence-electron chi connectivity index (χ3n) is 2.61. The van der Waals surface area contributed by atoms with Gasteiger partial charge in [0.25, 0.3) is 0 Å². The molecule has 5 heteroatoms. The first-order valence-electron chi connectivity index (χ1n) is 4.80. The summed E-state index contributed by atoms with van der Waals surface area (Å²) >= 11 is 0. The van der Waals surface area contributed by atoms with E-state index in [1.54, 1.807) is 0 Å². The number of hydrogen-bond donors (Lipinski definition) is 1. The summed E-state index contributed by atoms with van der Waals surface area (Å²) in [5, 5.41) is 3.20. The third kappa shape index (κ3) is 1.92. The van der Waals surface area contributed by atoms with Crippen LogP contribution in [0.15, 0.2) is 12.4 Å². The highest BCUT2D eigenvalue weighted by atomic mass is 19.3. The summed E-state index contributed by atoms with van der Waals surface area (Å²) in [4.78, 5) is 3.89. The van der Waals surface area contributed by atoms with Crippen molar-refractivity contribution in [3.63, 3.8) is 0 Å². The van der Waals surface area contributed by atoms with E-state index in [9.17, 15) is 8.78 Å². The molecular formula is C9H13F2N3. The van der Waals surface area contributed by atoms with Crippen LogP contribution in [-0.4, -0.2) is 15.6 Å². The molecule has 0 spiro atoms. The number of alkyl halides is 2. The van der Waals surface area contributed by atoms with Gasteiger partial charge in [0.15, 0.2) is 0 Å². The molecule has 1 aliphatic rings. The fraction of sp³-hybridized carbons (Fsp3) is 0.667. The second kappa shape index (κ2) is 4.04. The molecule has 1 aromatic heterocycles. The SMILES string of the molecule is FC(F)n1ccnc1CNC1CCC1. The van der Waals surface area contributed by atoms with Gasteiger partial charge in [-0.3, -0.25) is 4.57 Å². The van der Waals surface area contributed by atoms with Gasteiger partial charge in [0.1, 0.15) is 5.82 Å². The Bertz CT molecular complexity index is 294. The molecule has 3 nitrogen and oxygen atoms in total. The van der Waals surface area contributed by atoms with Gasteiger partial charge >= 0.3 is 6.55 Å². The molecule has 78 valence electrons. The van der Waals surface area contributed by atoms with Crippen molar-refractivity contribution in [2.24, 2.45) is 0 Å². The summed E-state index contributed by atoms with van der Waals surface area (Å²) in [5.41, 5.74) is 0. The number of halogens is 2. The molecule has 0 atom stereocenters. The number of nitrogens with zero attached hydrogens (tertiary/aromatic N) is 2. The van der Waals surface area contributed by atoms with Crippen molar-refractivity contribution in [3.05, 3.63) is 18.2 Å². The van der Waals surface area contributed by atoms with E-state index in [1.807, 2.05) is 0 Å². The summed E-state index contributed by atoms with van der Waals surface area (Å²) in [5.74, 6) is 0.409. The average molecular weight is 201 g/mol. The van der Waals surface area contributed by atoms with E-state index in [1.165, 1.54) is 18.8 Å². The Labute approximate surface area is 81.1 Å². The zero-order valence-corrected chi connectivity index (χ0v) is 7.79. The van der Waals surface area contributed by atoms with Crippen LogP contribution in [0.3, 0.4) is 0 Å². The van der Waals surface area contributed by atoms with Crippen molar-refractivity contribution in [2.75, 3.05) is 0 Å². The first-order valence-corrected chi connectivity index (χ1v) is 4.80. The van der Waals surface area contributed by atoms with Crippen molar-refractivity contribution in [3.8, 4) is 0 Å². The number of rotatable bonds is 4. The topological polar surface area (TPSA) is 29.9 Å². The minimum absolute atomic E-state index is 0.409. The first kappa shape index (κ1) is 9.58. The number of aromatic nitrogens is 2. The van der Waals surface area contributed by atoms with E-state index in [-0.39, 0.29) is 0 Å². The summed E-state index contributed by atoms with van der Waals surface area (Å²) in [6.07, 6.45) is 6.25.